The van der Waals surface area contributed by atoms with Gasteiger partial charge in [-0.1, -0.05) is 6.92 Å². The van der Waals surface area contributed by atoms with E-state index in [-0.39, 0.29) is 0 Å². The molecule has 0 saturated carbocycles. The van der Waals surface area contributed by atoms with Gasteiger partial charge < -0.3 is 5.32 Å². The van der Waals surface area contributed by atoms with Gasteiger partial charge in [0.25, 0.3) is 0 Å². The third kappa shape index (κ3) is 2.55. The van der Waals surface area contributed by atoms with Crippen molar-refractivity contribution < 1.29 is 0 Å². The molecule has 1 aliphatic heterocycles. The first-order valence-corrected chi connectivity index (χ1v) is 6.34. The van der Waals surface area contributed by atoms with E-state index >= 15 is 0 Å². The molecule has 0 aliphatic carbocycles. The molecule has 0 aromatic carbocycles. The van der Waals surface area contributed by atoms with Gasteiger partial charge in [-0.05, 0) is 38.3 Å². The molecule has 1 aliphatic rings. The van der Waals surface area contributed by atoms with Crippen molar-refractivity contribution in [3.05, 3.63) is 16.1 Å². The van der Waals surface area contributed by atoms with Gasteiger partial charge in [-0.25, -0.2) is 4.98 Å². The lowest BCUT2D eigenvalue weighted by molar-refractivity contribution is 0.372. The van der Waals surface area contributed by atoms with Crippen molar-refractivity contribution in [2.24, 2.45) is 5.92 Å². The second kappa shape index (κ2) is 4.89. The summed E-state index contributed by atoms with van der Waals surface area (Å²) in [6.07, 6.45) is 7.01. The summed E-state index contributed by atoms with van der Waals surface area (Å²) in [6, 6.07) is 0. The zero-order chi connectivity index (χ0) is 9.80. The molecular formula is C11H18N2S. The summed E-state index contributed by atoms with van der Waals surface area (Å²) in [6.45, 7) is 4.58. The Kier molecular flexibility index (Phi) is 3.54. The highest BCUT2D eigenvalue weighted by molar-refractivity contribution is 7.11. The smallest absolute Gasteiger partial charge is 0.0930 e. The summed E-state index contributed by atoms with van der Waals surface area (Å²) in [5.74, 6) is 0.868. The van der Waals surface area contributed by atoms with Gasteiger partial charge in [0.1, 0.15) is 0 Å². The lowest BCUT2D eigenvalue weighted by Crippen LogP contribution is -2.28. The van der Waals surface area contributed by atoms with Gasteiger partial charge in [-0.15, -0.1) is 11.3 Å². The largest absolute Gasteiger partial charge is 0.317 e. The second-order valence-electron chi connectivity index (χ2n) is 3.97. The minimum Gasteiger partial charge on any atom is -0.317 e. The van der Waals surface area contributed by atoms with Crippen LogP contribution < -0.4 is 5.32 Å². The van der Waals surface area contributed by atoms with Gasteiger partial charge in [0.15, 0.2) is 0 Å². The molecule has 0 spiro atoms. The van der Waals surface area contributed by atoms with Crippen molar-refractivity contribution in [3.8, 4) is 0 Å². The summed E-state index contributed by atoms with van der Waals surface area (Å²) >= 11 is 1.90. The van der Waals surface area contributed by atoms with Gasteiger partial charge in [0.2, 0.25) is 0 Å². The summed E-state index contributed by atoms with van der Waals surface area (Å²) in [5.41, 5.74) is 0. The highest BCUT2D eigenvalue weighted by atomic mass is 32.1. The fourth-order valence-electron chi connectivity index (χ4n) is 1.94. The van der Waals surface area contributed by atoms with Gasteiger partial charge in [0.05, 0.1) is 5.01 Å². The Morgan fingerprint density at radius 1 is 1.50 bits per heavy atom. The molecule has 2 rings (SSSR count). The monoisotopic (exact) mass is 210 g/mol. The summed E-state index contributed by atoms with van der Waals surface area (Å²) < 4.78 is 0. The van der Waals surface area contributed by atoms with E-state index in [1.54, 1.807) is 0 Å². The number of nitrogens with zero attached hydrogens (tertiary/aromatic N) is 1. The lowest BCUT2D eigenvalue weighted by Gasteiger charge is -2.21. The first kappa shape index (κ1) is 10.1. The second-order valence-corrected chi connectivity index (χ2v) is 5.17. The highest BCUT2D eigenvalue weighted by Gasteiger charge is 2.14. The van der Waals surface area contributed by atoms with Crippen molar-refractivity contribution in [1.82, 2.24) is 10.3 Å². The topological polar surface area (TPSA) is 24.9 Å². The van der Waals surface area contributed by atoms with Crippen LogP contribution in [0.15, 0.2) is 6.20 Å². The molecule has 0 unspecified atom stereocenters. The first-order chi connectivity index (χ1) is 6.88. The fourth-order valence-corrected chi connectivity index (χ4v) is 2.92. The Bertz CT molecular complexity index is 277. The van der Waals surface area contributed by atoms with Crippen LogP contribution in [0.1, 0.15) is 29.7 Å². The molecule has 1 N–H and O–H groups in total. The van der Waals surface area contributed by atoms with Crippen molar-refractivity contribution in [1.29, 1.82) is 0 Å². The van der Waals surface area contributed by atoms with Crippen LogP contribution in [-0.2, 0) is 12.8 Å². The van der Waals surface area contributed by atoms with Crippen LogP contribution in [0.2, 0.25) is 0 Å². The Hall–Kier alpha value is -0.410. The molecule has 0 bridgehead atoms. The van der Waals surface area contributed by atoms with E-state index in [2.05, 4.69) is 17.2 Å². The molecule has 1 fully saturated rings. The molecule has 1 aromatic rings. The number of rotatable bonds is 3. The van der Waals surface area contributed by atoms with Crippen molar-refractivity contribution in [2.45, 2.75) is 32.6 Å². The molecule has 2 nitrogen and oxygen atoms in total. The molecule has 1 saturated heterocycles. The van der Waals surface area contributed by atoms with Crippen LogP contribution in [-0.4, -0.2) is 18.1 Å². The maximum atomic E-state index is 4.48. The van der Waals surface area contributed by atoms with Crippen LogP contribution >= 0.6 is 11.3 Å². The third-order valence-electron chi connectivity index (χ3n) is 2.87. The molecule has 0 atom stereocenters. The number of thiazole rings is 1. The normalized spacial score (nSPS) is 18.6. The Labute approximate surface area is 89.8 Å². The molecule has 2 heterocycles. The number of hydrogen-bond donors (Lipinski definition) is 1. The first-order valence-electron chi connectivity index (χ1n) is 5.52. The van der Waals surface area contributed by atoms with Crippen LogP contribution in [0.25, 0.3) is 0 Å². The Balaban J connectivity index is 1.89. The predicted octanol–water partition coefficient (Wildman–Crippen LogP) is 2.25. The zero-order valence-corrected chi connectivity index (χ0v) is 9.57. The molecule has 1 aromatic heterocycles. The van der Waals surface area contributed by atoms with Crippen LogP contribution in [0, 0.1) is 5.92 Å². The average molecular weight is 210 g/mol. The molecular weight excluding hydrogens is 192 g/mol. The van der Waals surface area contributed by atoms with E-state index in [9.17, 15) is 0 Å². The summed E-state index contributed by atoms with van der Waals surface area (Å²) in [5, 5.41) is 4.74. The fraction of sp³-hybridized carbons (Fsp3) is 0.727. The van der Waals surface area contributed by atoms with E-state index in [1.165, 1.54) is 42.2 Å². The molecule has 78 valence electrons. The Morgan fingerprint density at radius 3 is 2.93 bits per heavy atom. The van der Waals surface area contributed by atoms with E-state index in [0.29, 0.717) is 0 Å². The molecule has 0 amide bonds. The lowest BCUT2D eigenvalue weighted by atomic mass is 9.95. The molecule has 0 radical (unpaired) electrons. The maximum Gasteiger partial charge on any atom is 0.0930 e. The van der Waals surface area contributed by atoms with E-state index in [1.807, 2.05) is 17.5 Å². The number of piperidine rings is 1. The highest BCUT2D eigenvalue weighted by Crippen LogP contribution is 2.21. The van der Waals surface area contributed by atoms with Gasteiger partial charge >= 0.3 is 0 Å². The number of aromatic nitrogens is 1. The van der Waals surface area contributed by atoms with Crippen LogP contribution in [0.3, 0.4) is 0 Å². The van der Waals surface area contributed by atoms with E-state index in [4.69, 9.17) is 0 Å². The quantitative estimate of drug-likeness (QED) is 0.827. The standard InChI is InChI=1S/C11H18N2S/c1-2-10-8-13-11(14-10)7-9-3-5-12-6-4-9/h8-9,12H,2-7H2,1H3. The molecule has 14 heavy (non-hydrogen) atoms. The summed E-state index contributed by atoms with van der Waals surface area (Å²) in [7, 11) is 0. The minimum atomic E-state index is 0.868. The zero-order valence-electron chi connectivity index (χ0n) is 8.75. The number of nitrogens with one attached hydrogen (secondary N) is 1. The number of hydrogen-bond acceptors (Lipinski definition) is 3. The van der Waals surface area contributed by atoms with Crippen LogP contribution in [0.4, 0.5) is 0 Å². The van der Waals surface area contributed by atoms with Gasteiger partial charge in [-0.2, -0.15) is 0 Å². The third-order valence-corrected chi connectivity index (χ3v) is 4.04. The van der Waals surface area contributed by atoms with Gasteiger partial charge in [0, 0.05) is 17.5 Å². The van der Waals surface area contributed by atoms with E-state index in [0.717, 1.165) is 12.3 Å². The summed E-state index contributed by atoms with van der Waals surface area (Å²) in [4.78, 5) is 5.90. The maximum absolute atomic E-state index is 4.48. The minimum absolute atomic E-state index is 0.868. The SMILES string of the molecule is CCc1cnc(CC2CCNCC2)s1. The van der Waals surface area contributed by atoms with Crippen molar-refractivity contribution >= 4 is 11.3 Å². The number of aryl methyl sites for hydroxylation is 1. The predicted molar refractivity (Wildman–Crippen MR) is 60.8 cm³/mol. The Morgan fingerprint density at radius 2 is 2.29 bits per heavy atom. The molecule has 3 heteroatoms. The average Bonchev–Trinajstić information content (AvgIpc) is 2.67. The van der Waals surface area contributed by atoms with Crippen LogP contribution in [0.5, 0.6) is 0 Å². The van der Waals surface area contributed by atoms with Gasteiger partial charge in [-0.3, -0.25) is 0 Å². The van der Waals surface area contributed by atoms with E-state index < -0.39 is 0 Å². The van der Waals surface area contributed by atoms with Crippen molar-refractivity contribution in [2.75, 3.05) is 13.1 Å². The van der Waals surface area contributed by atoms with Crippen molar-refractivity contribution in [3.63, 3.8) is 0 Å².